The summed E-state index contributed by atoms with van der Waals surface area (Å²) in [5.74, 6) is 0.265. The number of alkyl halides is 1. The molecule has 262 valence electrons. The fraction of sp³-hybridized carbons (Fsp3) is 0.432. The van der Waals surface area contributed by atoms with Crippen molar-refractivity contribution in [2.45, 2.75) is 64.5 Å². The number of ether oxygens (including phenoxy) is 1. The summed E-state index contributed by atoms with van der Waals surface area (Å²) in [6, 6.07) is 19.5. The Labute approximate surface area is 297 Å². The van der Waals surface area contributed by atoms with Crippen LogP contribution in [0.2, 0.25) is 0 Å². The summed E-state index contributed by atoms with van der Waals surface area (Å²) in [6.45, 7) is 6.65. The molecule has 2 heterocycles. The van der Waals surface area contributed by atoms with Gasteiger partial charge in [-0.05, 0) is 72.2 Å². The van der Waals surface area contributed by atoms with E-state index in [0.717, 1.165) is 72.5 Å². The van der Waals surface area contributed by atoms with E-state index in [1.165, 1.54) is 0 Å². The zero-order chi connectivity index (χ0) is 36.2. The van der Waals surface area contributed by atoms with Crippen LogP contribution in [0, 0.1) is 42.9 Å². The van der Waals surface area contributed by atoms with Gasteiger partial charge in [0.25, 0.3) is 0 Å². The summed E-state index contributed by atoms with van der Waals surface area (Å²) in [5, 5.41) is 40.7. The van der Waals surface area contributed by atoms with Crippen LogP contribution in [0.4, 0.5) is 11.4 Å². The molecule has 2 aliphatic rings. The first-order valence-corrected chi connectivity index (χ1v) is 17.3. The number of nitrogens with zero attached hydrogens (tertiary/aromatic N) is 6. The van der Waals surface area contributed by atoms with Crippen molar-refractivity contribution in [2.75, 3.05) is 48.5 Å². The minimum Gasteiger partial charge on any atom is -0.462 e. The molecule has 0 saturated carbocycles. The van der Waals surface area contributed by atoms with Crippen LogP contribution < -0.4 is 9.80 Å². The van der Waals surface area contributed by atoms with Gasteiger partial charge < -0.3 is 14.5 Å². The molecule has 2 unspecified atom stereocenters. The van der Waals surface area contributed by atoms with Gasteiger partial charge in [0.05, 0.1) is 34.7 Å². The number of nitro groups is 2. The van der Waals surface area contributed by atoms with Crippen LogP contribution in [0.25, 0.3) is 0 Å². The number of nitriles is 2. The molecule has 0 amide bonds. The van der Waals surface area contributed by atoms with Crippen molar-refractivity contribution >= 4 is 28.9 Å². The average Bonchev–Trinajstić information content (AvgIpc) is 3.72. The Balaban J connectivity index is 0.000000237. The first-order chi connectivity index (χ1) is 24.1. The van der Waals surface area contributed by atoms with Gasteiger partial charge in [-0.3, -0.25) is 20.2 Å². The van der Waals surface area contributed by atoms with Gasteiger partial charge in [-0.25, -0.2) is 4.79 Å². The number of benzene rings is 3. The Morgan fingerprint density at radius 3 is 1.76 bits per heavy atom. The maximum Gasteiger partial charge on any atom is 0.338 e. The number of anilines is 2. The van der Waals surface area contributed by atoms with E-state index in [0.29, 0.717) is 55.0 Å². The highest BCUT2D eigenvalue weighted by Gasteiger charge is 2.26. The number of carbonyl (C=O) groups excluding carboxylic acids is 1. The van der Waals surface area contributed by atoms with Crippen molar-refractivity contribution in [1.82, 2.24) is 0 Å². The predicted molar refractivity (Wildman–Crippen MR) is 191 cm³/mol. The standard InChI is InChI=1S/C22H23N3O4.C15H18ClN3O2/c1-16(25(27)28)12-17-13-19-8-10-24(21(19)20(14-17)15-23)9-5-11-29-22(26)18-6-3-2-4-7-18;1-11(19(20)21)7-12-8-13-3-6-18(5-2-4-16)15(13)14(9-12)10-17/h2-4,6-7,13-14,16H,5,8-12H2,1H3;8-9,11H,2-7H2,1H3. The van der Waals surface area contributed by atoms with E-state index in [4.69, 9.17) is 16.3 Å². The second kappa shape index (κ2) is 18.0. The number of hydrogen-bond acceptors (Lipinski definition) is 10. The molecule has 13 heteroatoms. The van der Waals surface area contributed by atoms with Gasteiger partial charge in [-0.2, -0.15) is 10.5 Å². The maximum absolute atomic E-state index is 12.0. The largest absolute Gasteiger partial charge is 0.462 e. The molecule has 0 radical (unpaired) electrons. The summed E-state index contributed by atoms with van der Waals surface area (Å²) >= 11 is 5.74. The van der Waals surface area contributed by atoms with Crippen molar-refractivity contribution < 1.29 is 19.4 Å². The van der Waals surface area contributed by atoms with Crippen molar-refractivity contribution in [1.29, 1.82) is 10.5 Å². The molecule has 0 aromatic heterocycles. The van der Waals surface area contributed by atoms with Crippen LogP contribution in [0.1, 0.15) is 70.4 Å². The normalized spacial score (nSPS) is 13.9. The molecule has 0 fully saturated rings. The maximum atomic E-state index is 12.0. The van der Waals surface area contributed by atoms with E-state index >= 15 is 0 Å². The fourth-order valence-corrected chi connectivity index (χ4v) is 6.52. The van der Waals surface area contributed by atoms with Gasteiger partial charge in [-0.1, -0.05) is 30.3 Å². The highest BCUT2D eigenvalue weighted by atomic mass is 35.5. The van der Waals surface area contributed by atoms with Crippen LogP contribution in [0.15, 0.2) is 54.6 Å². The molecule has 0 N–H and O–H groups in total. The summed E-state index contributed by atoms with van der Waals surface area (Å²) in [7, 11) is 0. The van der Waals surface area contributed by atoms with E-state index in [1.807, 2.05) is 18.2 Å². The second-order valence-electron chi connectivity index (χ2n) is 12.6. The van der Waals surface area contributed by atoms with E-state index < -0.39 is 12.1 Å². The minimum absolute atomic E-state index is 0.286. The molecule has 3 aromatic carbocycles. The molecule has 2 aliphatic heterocycles. The fourth-order valence-electron chi connectivity index (χ4n) is 6.40. The first kappa shape index (κ1) is 37.6. The number of esters is 1. The molecular weight excluding hydrogens is 660 g/mol. The summed E-state index contributed by atoms with van der Waals surface area (Å²) in [4.78, 5) is 37.4. The lowest BCUT2D eigenvalue weighted by atomic mass is 9.99. The SMILES string of the molecule is CC(Cc1cc(C#N)c2c(c1)CCN2CCCCl)[N+](=O)[O-].CC(Cc1cc(C#N)c2c(c1)CCN2CCCOC(=O)c1ccccc1)[N+](=O)[O-]. The zero-order valence-electron chi connectivity index (χ0n) is 28.3. The average molecular weight is 701 g/mol. The van der Waals surface area contributed by atoms with Crippen molar-refractivity contribution in [3.63, 3.8) is 0 Å². The van der Waals surface area contributed by atoms with Crippen molar-refractivity contribution in [3.8, 4) is 12.1 Å². The Morgan fingerprint density at radius 1 is 0.840 bits per heavy atom. The van der Waals surface area contributed by atoms with Gasteiger partial charge in [0.15, 0.2) is 0 Å². The summed E-state index contributed by atoms with van der Waals surface area (Å²) in [5.41, 5.74) is 7.45. The topological polar surface area (TPSA) is 167 Å². The third-order valence-electron chi connectivity index (χ3n) is 8.83. The molecule has 0 saturated heterocycles. The molecule has 0 aliphatic carbocycles. The second-order valence-corrected chi connectivity index (χ2v) is 13.0. The molecule has 5 rings (SSSR count). The van der Waals surface area contributed by atoms with Gasteiger partial charge in [-0.15, -0.1) is 11.6 Å². The van der Waals surface area contributed by atoms with E-state index in [2.05, 4.69) is 21.9 Å². The number of hydrogen-bond donors (Lipinski definition) is 0. The van der Waals surface area contributed by atoms with Crippen LogP contribution in [-0.4, -0.2) is 66.6 Å². The van der Waals surface area contributed by atoms with Gasteiger partial charge >= 0.3 is 5.97 Å². The molecule has 0 spiro atoms. The van der Waals surface area contributed by atoms with Gasteiger partial charge in [0.2, 0.25) is 12.1 Å². The number of halogens is 1. The summed E-state index contributed by atoms with van der Waals surface area (Å²) < 4.78 is 5.32. The van der Waals surface area contributed by atoms with Crippen LogP contribution >= 0.6 is 11.6 Å². The van der Waals surface area contributed by atoms with Crippen molar-refractivity contribution in [3.05, 3.63) is 114 Å². The number of rotatable bonds is 14. The number of fused-ring (bicyclic) bond motifs is 2. The Morgan fingerprint density at radius 2 is 1.32 bits per heavy atom. The lowest BCUT2D eigenvalue weighted by Crippen LogP contribution is -2.24. The van der Waals surface area contributed by atoms with Gasteiger partial charge in [0, 0.05) is 68.6 Å². The van der Waals surface area contributed by atoms with Crippen LogP contribution in [0.5, 0.6) is 0 Å². The highest BCUT2D eigenvalue weighted by molar-refractivity contribution is 6.17. The zero-order valence-corrected chi connectivity index (χ0v) is 29.1. The molecule has 2 atom stereocenters. The van der Waals surface area contributed by atoms with E-state index in [-0.39, 0.29) is 15.8 Å². The summed E-state index contributed by atoms with van der Waals surface area (Å²) in [6.07, 6.45) is 3.89. The Kier molecular flexibility index (Phi) is 13.5. The lowest BCUT2D eigenvalue weighted by molar-refractivity contribution is -0.517. The smallest absolute Gasteiger partial charge is 0.338 e. The molecule has 0 bridgehead atoms. The monoisotopic (exact) mass is 700 g/mol. The molecule has 12 nitrogen and oxygen atoms in total. The predicted octanol–water partition coefficient (Wildman–Crippen LogP) is 6.13. The first-order valence-electron chi connectivity index (χ1n) is 16.7. The molecular formula is C37H41ClN6O6. The van der Waals surface area contributed by atoms with Gasteiger partial charge in [0.1, 0.15) is 12.1 Å². The Hall–Kier alpha value is -5.20. The number of carbonyl (C=O) groups is 1. The van der Waals surface area contributed by atoms with Crippen molar-refractivity contribution in [2.24, 2.45) is 0 Å². The molecule has 3 aromatic rings. The lowest BCUT2D eigenvalue weighted by Gasteiger charge is -2.21. The minimum atomic E-state index is -0.684. The third-order valence-corrected chi connectivity index (χ3v) is 9.10. The van der Waals surface area contributed by atoms with Crippen LogP contribution in [-0.2, 0) is 30.4 Å². The highest BCUT2D eigenvalue weighted by Crippen LogP contribution is 2.34. The van der Waals surface area contributed by atoms with E-state index in [9.17, 15) is 35.5 Å². The third kappa shape index (κ3) is 9.70. The Bertz CT molecular complexity index is 1770. The molecule has 50 heavy (non-hydrogen) atoms. The van der Waals surface area contributed by atoms with Crippen LogP contribution in [0.3, 0.4) is 0 Å². The quantitative estimate of drug-likeness (QED) is 0.0627. The van der Waals surface area contributed by atoms with E-state index in [1.54, 1.807) is 50.2 Å².